The lowest BCUT2D eigenvalue weighted by molar-refractivity contribution is -0.144. The van der Waals surface area contributed by atoms with Crippen LogP contribution in [0.2, 0.25) is 0 Å². The Hall–Kier alpha value is -2.45. The fourth-order valence-electron chi connectivity index (χ4n) is 1.66. The molecule has 20 heavy (non-hydrogen) atoms. The Balaban J connectivity index is 2.26. The van der Waals surface area contributed by atoms with Crippen LogP contribution in [0.5, 0.6) is 0 Å². The Bertz CT molecular complexity index is 610. The van der Waals surface area contributed by atoms with Crippen molar-refractivity contribution in [3.05, 3.63) is 41.5 Å². The lowest BCUT2D eigenvalue weighted by Gasteiger charge is -2.09. The predicted octanol–water partition coefficient (Wildman–Crippen LogP) is 1.63. The molecule has 0 amide bonds. The Morgan fingerprint density at radius 3 is 2.65 bits per heavy atom. The van der Waals surface area contributed by atoms with Gasteiger partial charge in [-0.1, -0.05) is 11.3 Å². The highest BCUT2D eigenvalue weighted by Gasteiger charge is 2.41. The molecule has 0 atom stereocenters. The van der Waals surface area contributed by atoms with Crippen LogP contribution in [-0.4, -0.2) is 31.1 Å². The Labute approximate surface area is 110 Å². The Kier molecular flexibility index (Phi) is 3.68. The third kappa shape index (κ3) is 2.92. The van der Waals surface area contributed by atoms with Crippen LogP contribution in [0.25, 0.3) is 0 Å². The van der Waals surface area contributed by atoms with Gasteiger partial charge in [0.2, 0.25) is 5.69 Å². The molecule has 2 aromatic rings. The van der Waals surface area contributed by atoms with Crippen molar-refractivity contribution in [1.82, 2.24) is 20.0 Å². The van der Waals surface area contributed by atoms with Gasteiger partial charge in [-0.05, 0) is 12.1 Å². The van der Waals surface area contributed by atoms with Crippen molar-refractivity contribution in [3.8, 4) is 0 Å². The SMILES string of the molecule is O=C(O)c1nnn(CCc2ccccn2)c1C(F)(F)F. The van der Waals surface area contributed by atoms with E-state index in [1.165, 1.54) is 6.20 Å². The monoisotopic (exact) mass is 286 g/mol. The average Bonchev–Trinajstić information content (AvgIpc) is 2.81. The van der Waals surface area contributed by atoms with Gasteiger partial charge >= 0.3 is 12.1 Å². The minimum atomic E-state index is -4.83. The molecule has 0 fully saturated rings. The summed E-state index contributed by atoms with van der Waals surface area (Å²) in [7, 11) is 0. The molecule has 0 spiro atoms. The first kappa shape index (κ1) is 14.0. The van der Waals surface area contributed by atoms with Crippen molar-refractivity contribution >= 4 is 5.97 Å². The molecule has 0 aliphatic rings. The molecule has 0 aromatic carbocycles. The number of alkyl halides is 3. The lowest BCUT2D eigenvalue weighted by Crippen LogP contribution is -2.19. The van der Waals surface area contributed by atoms with Crippen LogP contribution in [0.15, 0.2) is 24.4 Å². The smallest absolute Gasteiger partial charge is 0.435 e. The third-order valence-corrected chi connectivity index (χ3v) is 2.51. The number of nitrogens with zero attached hydrogens (tertiary/aromatic N) is 4. The first-order valence-corrected chi connectivity index (χ1v) is 5.53. The molecular formula is C11H9F3N4O2. The molecule has 2 heterocycles. The van der Waals surface area contributed by atoms with Crippen LogP contribution in [0, 0.1) is 0 Å². The Morgan fingerprint density at radius 1 is 1.35 bits per heavy atom. The number of halogens is 3. The van der Waals surface area contributed by atoms with E-state index in [9.17, 15) is 18.0 Å². The van der Waals surface area contributed by atoms with Gasteiger partial charge in [0.15, 0.2) is 5.69 Å². The summed E-state index contributed by atoms with van der Waals surface area (Å²) in [5.41, 5.74) is -1.88. The molecule has 6 nitrogen and oxygen atoms in total. The number of carboxylic acid groups (broad SMARTS) is 1. The molecule has 0 aliphatic heterocycles. The van der Waals surface area contributed by atoms with E-state index < -0.39 is 23.5 Å². The molecule has 106 valence electrons. The summed E-state index contributed by atoms with van der Waals surface area (Å²) >= 11 is 0. The van der Waals surface area contributed by atoms with Crippen LogP contribution in [-0.2, 0) is 19.1 Å². The zero-order valence-corrected chi connectivity index (χ0v) is 10.0. The van der Waals surface area contributed by atoms with Gasteiger partial charge in [-0.15, -0.1) is 5.10 Å². The molecule has 9 heteroatoms. The number of carboxylic acids is 1. The molecule has 1 N–H and O–H groups in total. The van der Waals surface area contributed by atoms with E-state index in [0.717, 1.165) is 0 Å². The van der Waals surface area contributed by atoms with Gasteiger partial charge in [-0.3, -0.25) is 4.98 Å². The summed E-state index contributed by atoms with van der Waals surface area (Å²) in [5, 5.41) is 15.0. The average molecular weight is 286 g/mol. The Morgan fingerprint density at radius 2 is 2.10 bits per heavy atom. The van der Waals surface area contributed by atoms with E-state index in [1.807, 2.05) is 0 Å². The minimum Gasteiger partial charge on any atom is -0.476 e. The molecular weight excluding hydrogens is 277 g/mol. The number of pyridine rings is 1. The van der Waals surface area contributed by atoms with Crippen molar-refractivity contribution in [1.29, 1.82) is 0 Å². The van der Waals surface area contributed by atoms with Crippen molar-refractivity contribution in [2.75, 3.05) is 0 Å². The van der Waals surface area contributed by atoms with E-state index in [2.05, 4.69) is 15.3 Å². The second-order valence-corrected chi connectivity index (χ2v) is 3.88. The van der Waals surface area contributed by atoms with Gasteiger partial charge in [-0.25, -0.2) is 9.48 Å². The van der Waals surface area contributed by atoms with Crippen molar-refractivity contribution in [2.45, 2.75) is 19.1 Å². The topological polar surface area (TPSA) is 80.9 Å². The zero-order chi connectivity index (χ0) is 14.8. The zero-order valence-electron chi connectivity index (χ0n) is 10.0. The highest BCUT2D eigenvalue weighted by molar-refractivity contribution is 5.86. The van der Waals surface area contributed by atoms with Crippen LogP contribution < -0.4 is 0 Å². The van der Waals surface area contributed by atoms with E-state index in [1.54, 1.807) is 18.2 Å². The fourth-order valence-corrected chi connectivity index (χ4v) is 1.66. The van der Waals surface area contributed by atoms with Gasteiger partial charge in [0.05, 0.1) is 0 Å². The lowest BCUT2D eigenvalue weighted by atomic mass is 10.2. The number of hydrogen-bond acceptors (Lipinski definition) is 4. The highest BCUT2D eigenvalue weighted by atomic mass is 19.4. The summed E-state index contributed by atoms with van der Waals surface area (Å²) in [4.78, 5) is 14.7. The fraction of sp³-hybridized carbons (Fsp3) is 0.273. The molecule has 0 bridgehead atoms. The maximum atomic E-state index is 12.8. The van der Waals surface area contributed by atoms with Gasteiger partial charge in [0.1, 0.15) is 0 Å². The van der Waals surface area contributed by atoms with Gasteiger partial charge in [0, 0.05) is 24.9 Å². The van der Waals surface area contributed by atoms with Gasteiger partial charge < -0.3 is 5.11 Å². The maximum Gasteiger partial charge on any atom is 0.435 e. The van der Waals surface area contributed by atoms with Gasteiger partial charge in [-0.2, -0.15) is 13.2 Å². The number of hydrogen-bond donors (Lipinski definition) is 1. The minimum absolute atomic E-state index is 0.161. The van der Waals surface area contributed by atoms with E-state index in [0.29, 0.717) is 10.4 Å². The number of aromatic nitrogens is 4. The van der Waals surface area contributed by atoms with Crippen molar-refractivity contribution in [2.24, 2.45) is 0 Å². The second kappa shape index (κ2) is 5.27. The van der Waals surface area contributed by atoms with E-state index >= 15 is 0 Å². The van der Waals surface area contributed by atoms with E-state index in [4.69, 9.17) is 5.11 Å². The normalized spacial score (nSPS) is 11.6. The molecule has 2 aromatic heterocycles. The summed E-state index contributed by atoms with van der Waals surface area (Å²) < 4.78 is 39.1. The molecule has 0 saturated carbocycles. The first-order valence-electron chi connectivity index (χ1n) is 5.53. The quantitative estimate of drug-likeness (QED) is 0.924. The van der Waals surface area contributed by atoms with Crippen LogP contribution in [0.1, 0.15) is 21.9 Å². The number of aromatic carboxylic acids is 1. The standard InChI is InChI=1S/C11H9F3N4O2/c12-11(13,14)9-8(10(19)20)16-17-18(9)6-4-7-3-1-2-5-15-7/h1-3,5H,4,6H2,(H,19,20). The van der Waals surface area contributed by atoms with Crippen molar-refractivity contribution < 1.29 is 23.1 Å². The highest BCUT2D eigenvalue weighted by Crippen LogP contribution is 2.31. The molecule has 0 unspecified atom stereocenters. The summed E-state index contributed by atoms with van der Waals surface area (Å²) in [6.07, 6.45) is -3.13. The maximum absolute atomic E-state index is 12.8. The van der Waals surface area contributed by atoms with Gasteiger partial charge in [0.25, 0.3) is 0 Å². The largest absolute Gasteiger partial charge is 0.476 e. The molecule has 0 aliphatic carbocycles. The second-order valence-electron chi connectivity index (χ2n) is 3.88. The number of rotatable bonds is 4. The van der Waals surface area contributed by atoms with Crippen LogP contribution >= 0.6 is 0 Å². The number of aryl methyl sites for hydroxylation is 2. The summed E-state index contributed by atoms with van der Waals surface area (Å²) in [6, 6.07) is 5.04. The summed E-state index contributed by atoms with van der Waals surface area (Å²) in [5.74, 6) is -1.76. The van der Waals surface area contributed by atoms with Crippen molar-refractivity contribution in [3.63, 3.8) is 0 Å². The molecule has 0 radical (unpaired) electrons. The summed E-state index contributed by atoms with van der Waals surface area (Å²) in [6.45, 7) is -0.161. The number of carbonyl (C=O) groups is 1. The predicted molar refractivity (Wildman–Crippen MR) is 59.9 cm³/mol. The third-order valence-electron chi connectivity index (χ3n) is 2.51. The molecule has 0 saturated heterocycles. The molecule has 2 rings (SSSR count). The first-order chi connectivity index (χ1) is 9.39. The van der Waals surface area contributed by atoms with Crippen LogP contribution in [0.3, 0.4) is 0 Å². The van der Waals surface area contributed by atoms with E-state index in [-0.39, 0.29) is 13.0 Å². The van der Waals surface area contributed by atoms with Crippen LogP contribution in [0.4, 0.5) is 13.2 Å².